The van der Waals surface area contributed by atoms with Gasteiger partial charge in [0.1, 0.15) is 12.4 Å². The molecular weight excluding hydrogens is 164 g/mol. The van der Waals surface area contributed by atoms with Gasteiger partial charge in [0.25, 0.3) is 0 Å². The predicted molar refractivity (Wildman–Crippen MR) is 49.4 cm³/mol. The third kappa shape index (κ3) is 0.748. The number of fused-ring (bicyclic) bond motifs is 3. The fourth-order valence-electron chi connectivity index (χ4n) is 1.96. The van der Waals surface area contributed by atoms with Crippen molar-refractivity contribution < 1.29 is 0 Å². The summed E-state index contributed by atoms with van der Waals surface area (Å²) in [6.07, 6.45) is 9.96. The molecule has 66 valence electrons. The highest BCUT2D eigenvalue weighted by Crippen LogP contribution is 2.38. The molecule has 4 nitrogen and oxygen atoms in total. The summed E-state index contributed by atoms with van der Waals surface area (Å²) in [5.41, 5.74) is -0.0503. The molecule has 1 N–H and O–H groups in total. The summed E-state index contributed by atoms with van der Waals surface area (Å²) in [5.74, 6) is 0.851. The zero-order valence-corrected chi connectivity index (χ0v) is 7.31. The number of hydrogen-bond donors (Lipinski definition) is 1. The average Bonchev–Trinajstić information content (AvgIpc) is 2.60. The quantitative estimate of drug-likeness (QED) is 0.641. The van der Waals surface area contributed by atoms with Crippen LogP contribution in [0.4, 0.5) is 5.95 Å². The maximum absolute atomic E-state index is 4.18. The third-order valence-corrected chi connectivity index (χ3v) is 2.68. The fourth-order valence-corrected chi connectivity index (χ4v) is 1.96. The van der Waals surface area contributed by atoms with Crippen LogP contribution in [-0.2, 0) is 0 Å². The molecule has 0 fully saturated rings. The van der Waals surface area contributed by atoms with Crippen LogP contribution >= 0.6 is 0 Å². The van der Waals surface area contributed by atoms with E-state index in [0.29, 0.717) is 0 Å². The van der Waals surface area contributed by atoms with E-state index in [0.717, 1.165) is 5.95 Å². The maximum atomic E-state index is 4.18. The molecule has 0 aromatic carbocycles. The van der Waals surface area contributed by atoms with E-state index in [4.69, 9.17) is 0 Å². The Kier molecular flexibility index (Phi) is 1.07. The molecule has 1 aliphatic heterocycles. The van der Waals surface area contributed by atoms with Crippen LogP contribution in [0.15, 0.2) is 30.6 Å². The number of nitrogens with zero attached hydrogens (tertiary/aromatic N) is 3. The lowest BCUT2D eigenvalue weighted by atomic mass is 9.90. The lowest BCUT2D eigenvalue weighted by Crippen LogP contribution is -2.35. The Morgan fingerprint density at radius 3 is 3.38 bits per heavy atom. The largest absolute Gasteiger partial charge is 0.343 e. The van der Waals surface area contributed by atoms with E-state index < -0.39 is 0 Å². The Morgan fingerprint density at radius 1 is 1.54 bits per heavy atom. The lowest BCUT2D eigenvalue weighted by molar-refractivity contribution is 0.462. The van der Waals surface area contributed by atoms with Crippen molar-refractivity contribution >= 4 is 5.95 Å². The highest BCUT2D eigenvalue weighted by molar-refractivity contribution is 5.45. The van der Waals surface area contributed by atoms with Crippen LogP contribution in [0.1, 0.15) is 13.0 Å². The van der Waals surface area contributed by atoms with Crippen LogP contribution in [0.25, 0.3) is 0 Å². The molecule has 2 heterocycles. The summed E-state index contributed by atoms with van der Waals surface area (Å²) in [6, 6.07) is 0.259. The van der Waals surface area contributed by atoms with Gasteiger partial charge in [0, 0.05) is 0 Å². The Balaban J connectivity index is 2.16. The van der Waals surface area contributed by atoms with Crippen LogP contribution in [0, 0.1) is 0 Å². The van der Waals surface area contributed by atoms with Gasteiger partial charge in [-0.05, 0) is 6.92 Å². The maximum Gasteiger partial charge on any atom is 0.222 e. The molecule has 3 rings (SSSR count). The van der Waals surface area contributed by atoms with Gasteiger partial charge in [-0.15, -0.1) is 0 Å². The molecule has 13 heavy (non-hydrogen) atoms. The zero-order valence-electron chi connectivity index (χ0n) is 7.31. The van der Waals surface area contributed by atoms with Crippen LogP contribution in [0.3, 0.4) is 0 Å². The smallest absolute Gasteiger partial charge is 0.222 e. The van der Waals surface area contributed by atoms with Crippen molar-refractivity contribution in [2.75, 3.05) is 5.32 Å². The first-order valence-electron chi connectivity index (χ1n) is 4.33. The zero-order chi connectivity index (χ0) is 8.89. The Bertz CT molecular complexity index is 404. The molecular formula is C9H10N4. The summed E-state index contributed by atoms with van der Waals surface area (Å²) < 4.78 is 1.92. The normalized spacial score (nSPS) is 34.1. The van der Waals surface area contributed by atoms with Crippen molar-refractivity contribution in [2.24, 2.45) is 0 Å². The fraction of sp³-hybridized carbons (Fsp3) is 0.333. The van der Waals surface area contributed by atoms with E-state index in [1.54, 1.807) is 6.33 Å². The molecule has 0 amide bonds. The highest BCUT2D eigenvalue weighted by Gasteiger charge is 2.41. The summed E-state index contributed by atoms with van der Waals surface area (Å²) >= 11 is 0. The van der Waals surface area contributed by atoms with Crippen LogP contribution in [0.2, 0.25) is 0 Å². The first-order chi connectivity index (χ1) is 6.30. The number of rotatable bonds is 0. The van der Waals surface area contributed by atoms with Gasteiger partial charge < -0.3 is 5.32 Å². The second-order valence-corrected chi connectivity index (χ2v) is 3.62. The summed E-state index contributed by atoms with van der Waals surface area (Å²) in [7, 11) is 0. The van der Waals surface area contributed by atoms with Crippen LogP contribution in [-0.4, -0.2) is 20.3 Å². The first kappa shape index (κ1) is 6.88. The molecule has 1 aromatic heterocycles. The molecule has 4 heteroatoms. The van der Waals surface area contributed by atoms with Gasteiger partial charge in [-0.1, -0.05) is 24.3 Å². The van der Waals surface area contributed by atoms with E-state index in [9.17, 15) is 0 Å². The monoisotopic (exact) mass is 174 g/mol. The molecule has 1 aliphatic carbocycles. The molecule has 0 bridgehead atoms. The van der Waals surface area contributed by atoms with E-state index >= 15 is 0 Å². The topological polar surface area (TPSA) is 42.7 Å². The number of hydrogen-bond acceptors (Lipinski definition) is 3. The Labute approximate surface area is 76.0 Å². The van der Waals surface area contributed by atoms with Crippen molar-refractivity contribution in [3.05, 3.63) is 30.6 Å². The van der Waals surface area contributed by atoms with Crippen LogP contribution < -0.4 is 5.32 Å². The molecule has 2 unspecified atom stereocenters. The van der Waals surface area contributed by atoms with Gasteiger partial charge in [-0.2, -0.15) is 10.1 Å². The average molecular weight is 174 g/mol. The molecule has 0 spiro atoms. The van der Waals surface area contributed by atoms with E-state index in [1.165, 1.54) is 0 Å². The van der Waals surface area contributed by atoms with Gasteiger partial charge in [0.15, 0.2) is 0 Å². The second-order valence-electron chi connectivity index (χ2n) is 3.62. The van der Waals surface area contributed by atoms with Crippen molar-refractivity contribution in [3.8, 4) is 0 Å². The van der Waals surface area contributed by atoms with E-state index in [-0.39, 0.29) is 11.6 Å². The number of aromatic nitrogens is 3. The van der Waals surface area contributed by atoms with Gasteiger partial charge in [0.2, 0.25) is 5.95 Å². The molecule has 2 aliphatic rings. The lowest BCUT2D eigenvalue weighted by Gasteiger charge is -2.27. The molecule has 0 saturated heterocycles. The number of nitrogens with one attached hydrogen (secondary N) is 1. The minimum atomic E-state index is -0.0503. The van der Waals surface area contributed by atoms with Crippen molar-refractivity contribution in [2.45, 2.75) is 18.5 Å². The van der Waals surface area contributed by atoms with Gasteiger partial charge in [-0.25, -0.2) is 4.68 Å². The molecule has 0 saturated carbocycles. The standard InChI is InChI=1S/C9H10N4/c1-9-5-3-2-4-7(9)13-8(12-9)10-6-11-13/h2-7H,1H3,(H,10,11,12). The van der Waals surface area contributed by atoms with E-state index in [2.05, 4.69) is 40.6 Å². The highest BCUT2D eigenvalue weighted by atomic mass is 15.5. The minimum absolute atomic E-state index is 0.0503. The van der Waals surface area contributed by atoms with Crippen molar-refractivity contribution in [3.63, 3.8) is 0 Å². The summed E-state index contributed by atoms with van der Waals surface area (Å²) in [5, 5.41) is 7.53. The van der Waals surface area contributed by atoms with Crippen LogP contribution in [0.5, 0.6) is 0 Å². The molecule has 0 radical (unpaired) electrons. The first-order valence-corrected chi connectivity index (χ1v) is 4.33. The van der Waals surface area contributed by atoms with Gasteiger partial charge >= 0.3 is 0 Å². The van der Waals surface area contributed by atoms with Gasteiger partial charge in [0.05, 0.1) is 5.54 Å². The molecule has 2 atom stereocenters. The second kappa shape index (κ2) is 2.02. The van der Waals surface area contributed by atoms with E-state index in [1.807, 2.05) is 10.8 Å². The third-order valence-electron chi connectivity index (χ3n) is 2.68. The van der Waals surface area contributed by atoms with Crippen molar-refractivity contribution in [1.29, 1.82) is 0 Å². The summed E-state index contributed by atoms with van der Waals surface area (Å²) in [6.45, 7) is 2.15. The number of anilines is 1. The van der Waals surface area contributed by atoms with Gasteiger partial charge in [-0.3, -0.25) is 0 Å². The van der Waals surface area contributed by atoms with Crippen molar-refractivity contribution in [1.82, 2.24) is 14.8 Å². The Hall–Kier alpha value is -1.58. The predicted octanol–water partition coefficient (Wildman–Crippen LogP) is 1.13. The molecule has 1 aromatic rings. The SMILES string of the molecule is CC12C=CC=CC1n1ncnc1N2. The minimum Gasteiger partial charge on any atom is -0.343 e. The summed E-state index contributed by atoms with van der Waals surface area (Å²) in [4.78, 5) is 4.14. The Morgan fingerprint density at radius 2 is 2.46 bits per heavy atom. The number of allylic oxidation sites excluding steroid dienone is 2.